The van der Waals surface area contributed by atoms with E-state index in [0.717, 1.165) is 18.6 Å². The summed E-state index contributed by atoms with van der Waals surface area (Å²) in [6.45, 7) is 5.20. The summed E-state index contributed by atoms with van der Waals surface area (Å²) in [4.78, 5) is 17.7. The maximum atomic E-state index is 11.8. The van der Waals surface area contributed by atoms with E-state index in [0.29, 0.717) is 18.5 Å². The number of carbonyl (C=O) groups is 1. The van der Waals surface area contributed by atoms with Gasteiger partial charge < -0.3 is 20.0 Å². The first kappa shape index (κ1) is 23.8. The first-order valence-corrected chi connectivity index (χ1v) is 8.80. The predicted octanol–water partition coefficient (Wildman–Crippen LogP) is 3.03. The molecule has 0 aliphatic carbocycles. The number of likely N-dealkylation sites (N-methyl/N-ethyl adjacent to an activating group) is 1. The quantitative estimate of drug-likeness (QED) is 0.242. The van der Waals surface area contributed by atoms with Crippen molar-refractivity contribution in [3.05, 3.63) is 24.2 Å². The van der Waals surface area contributed by atoms with E-state index in [1.165, 1.54) is 19.3 Å². The van der Waals surface area contributed by atoms with Gasteiger partial charge in [0.05, 0.1) is 6.26 Å². The number of unbranched alkanes of at least 4 members (excludes halogenated alkanes) is 2. The van der Waals surface area contributed by atoms with Crippen LogP contribution in [0.4, 0.5) is 0 Å². The molecule has 1 heterocycles. The third-order valence-electron chi connectivity index (χ3n) is 3.74. The molecule has 0 aliphatic rings. The van der Waals surface area contributed by atoms with E-state index in [2.05, 4.69) is 29.5 Å². The average Bonchev–Trinajstić information content (AvgIpc) is 3.05. The fraction of sp³-hybridized carbons (Fsp3) is 0.667. The second-order valence-electron chi connectivity index (χ2n) is 6.25. The van der Waals surface area contributed by atoms with Crippen molar-refractivity contribution in [2.24, 2.45) is 4.99 Å². The number of nitrogens with one attached hydrogen (secondary N) is 2. The molecule has 0 aliphatic heterocycles. The number of aliphatic imine (C=N–C) groups is 1. The zero-order valence-corrected chi connectivity index (χ0v) is 18.2. The van der Waals surface area contributed by atoms with Crippen molar-refractivity contribution < 1.29 is 9.21 Å². The molecule has 1 aromatic rings. The number of amides is 1. The molecule has 2 N–H and O–H groups in total. The molecule has 144 valence electrons. The van der Waals surface area contributed by atoms with Crippen LogP contribution in [0.5, 0.6) is 0 Å². The minimum absolute atomic E-state index is 0. The van der Waals surface area contributed by atoms with Crippen molar-refractivity contribution in [3.63, 3.8) is 0 Å². The van der Waals surface area contributed by atoms with Gasteiger partial charge in [0.15, 0.2) is 5.96 Å². The molecule has 0 spiro atoms. The van der Waals surface area contributed by atoms with Crippen LogP contribution in [0.2, 0.25) is 0 Å². The highest BCUT2D eigenvalue weighted by atomic mass is 127. The summed E-state index contributed by atoms with van der Waals surface area (Å²) in [6.07, 6.45) is 7.19. The van der Waals surface area contributed by atoms with Crippen molar-refractivity contribution in [2.75, 3.05) is 27.2 Å². The number of halogens is 1. The Kier molecular flexibility index (Phi) is 13.3. The highest BCUT2D eigenvalue weighted by Gasteiger charge is 2.08. The van der Waals surface area contributed by atoms with Crippen molar-refractivity contribution in [1.82, 2.24) is 15.5 Å². The molecular formula is C18H33IN4O2. The minimum atomic E-state index is -0.0132. The van der Waals surface area contributed by atoms with Gasteiger partial charge in [-0.1, -0.05) is 26.2 Å². The van der Waals surface area contributed by atoms with Gasteiger partial charge in [0, 0.05) is 33.1 Å². The van der Waals surface area contributed by atoms with Crippen molar-refractivity contribution >= 4 is 35.8 Å². The van der Waals surface area contributed by atoms with Crippen molar-refractivity contribution in [1.29, 1.82) is 0 Å². The SMILES string of the molecule is CCCCCC(C)NC(=NCC(=O)N(C)C)NCCc1ccco1.I. The number of furan rings is 1. The lowest BCUT2D eigenvalue weighted by molar-refractivity contribution is -0.127. The molecule has 6 nitrogen and oxygen atoms in total. The average molecular weight is 464 g/mol. The first-order chi connectivity index (χ1) is 11.5. The summed E-state index contributed by atoms with van der Waals surface area (Å²) >= 11 is 0. The first-order valence-electron chi connectivity index (χ1n) is 8.80. The molecule has 1 rings (SSSR count). The highest BCUT2D eigenvalue weighted by molar-refractivity contribution is 14.0. The van der Waals surface area contributed by atoms with E-state index in [1.54, 1.807) is 25.3 Å². The second-order valence-corrected chi connectivity index (χ2v) is 6.25. The largest absolute Gasteiger partial charge is 0.469 e. The Hall–Kier alpha value is -1.25. The van der Waals surface area contributed by atoms with Crippen LogP contribution in [0.15, 0.2) is 27.8 Å². The van der Waals surface area contributed by atoms with Gasteiger partial charge >= 0.3 is 0 Å². The molecule has 1 aromatic heterocycles. The van der Waals surface area contributed by atoms with E-state index >= 15 is 0 Å². The summed E-state index contributed by atoms with van der Waals surface area (Å²) < 4.78 is 5.33. The third kappa shape index (κ3) is 11.1. The van der Waals surface area contributed by atoms with Gasteiger partial charge in [0.2, 0.25) is 5.91 Å². The fourth-order valence-corrected chi connectivity index (χ4v) is 2.21. The number of guanidine groups is 1. The Morgan fingerprint density at radius 2 is 2.12 bits per heavy atom. The third-order valence-corrected chi connectivity index (χ3v) is 3.74. The Morgan fingerprint density at radius 1 is 1.36 bits per heavy atom. The van der Waals surface area contributed by atoms with Crippen LogP contribution >= 0.6 is 24.0 Å². The normalized spacial score (nSPS) is 12.2. The highest BCUT2D eigenvalue weighted by Crippen LogP contribution is 2.03. The lowest BCUT2D eigenvalue weighted by Gasteiger charge is -2.18. The van der Waals surface area contributed by atoms with E-state index in [4.69, 9.17) is 4.42 Å². The van der Waals surface area contributed by atoms with Gasteiger partial charge in [-0.05, 0) is 25.5 Å². The summed E-state index contributed by atoms with van der Waals surface area (Å²) in [5.41, 5.74) is 0. The van der Waals surface area contributed by atoms with E-state index in [-0.39, 0.29) is 36.4 Å². The molecule has 0 fully saturated rings. The van der Waals surface area contributed by atoms with Gasteiger partial charge in [-0.15, -0.1) is 24.0 Å². The van der Waals surface area contributed by atoms with Gasteiger partial charge in [0.1, 0.15) is 12.3 Å². The minimum Gasteiger partial charge on any atom is -0.469 e. The van der Waals surface area contributed by atoms with Crippen LogP contribution in [0, 0.1) is 0 Å². The van der Waals surface area contributed by atoms with E-state index in [9.17, 15) is 4.79 Å². The van der Waals surface area contributed by atoms with Crippen molar-refractivity contribution in [2.45, 2.75) is 52.0 Å². The monoisotopic (exact) mass is 464 g/mol. The molecular weight excluding hydrogens is 431 g/mol. The number of rotatable bonds is 10. The van der Waals surface area contributed by atoms with Gasteiger partial charge in [-0.2, -0.15) is 0 Å². The zero-order valence-electron chi connectivity index (χ0n) is 15.9. The maximum absolute atomic E-state index is 11.8. The molecule has 0 aromatic carbocycles. The molecule has 0 radical (unpaired) electrons. The summed E-state index contributed by atoms with van der Waals surface area (Å²) in [6, 6.07) is 4.16. The molecule has 25 heavy (non-hydrogen) atoms. The molecule has 1 atom stereocenters. The molecule has 7 heteroatoms. The Morgan fingerprint density at radius 3 is 2.72 bits per heavy atom. The number of nitrogens with zero attached hydrogens (tertiary/aromatic N) is 2. The Bertz CT molecular complexity index is 489. The van der Waals surface area contributed by atoms with Crippen molar-refractivity contribution in [3.8, 4) is 0 Å². The molecule has 1 amide bonds. The van der Waals surface area contributed by atoms with Gasteiger partial charge in [-0.3, -0.25) is 4.79 Å². The van der Waals surface area contributed by atoms with Crippen LogP contribution in [-0.4, -0.2) is 50.0 Å². The molecule has 1 unspecified atom stereocenters. The van der Waals surface area contributed by atoms with Crippen LogP contribution in [0.25, 0.3) is 0 Å². The standard InChI is InChI=1S/C18H32N4O2.HI/c1-5-6-7-9-15(2)21-18(20-14-17(23)22(3)4)19-12-11-16-10-8-13-24-16;/h8,10,13,15H,5-7,9,11-12,14H2,1-4H3,(H2,19,20,21);1H. The predicted molar refractivity (Wildman–Crippen MR) is 114 cm³/mol. The lowest BCUT2D eigenvalue weighted by Crippen LogP contribution is -2.43. The summed E-state index contributed by atoms with van der Waals surface area (Å²) in [5, 5.41) is 6.67. The summed E-state index contributed by atoms with van der Waals surface area (Å²) in [7, 11) is 3.48. The van der Waals surface area contributed by atoms with Crippen LogP contribution < -0.4 is 10.6 Å². The van der Waals surface area contributed by atoms with Gasteiger partial charge in [-0.25, -0.2) is 4.99 Å². The lowest BCUT2D eigenvalue weighted by atomic mass is 10.1. The number of hydrogen-bond donors (Lipinski definition) is 2. The number of hydrogen-bond acceptors (Lipinski definition) is 3. The van der Waals surface area contributed by atoms with Crippen LogP contribution in [0.3, 0.4) is 0 Å². The zero-order chi connectivity index (χ0) is 17.8. The van der Waals surface area contributed by atoms with E-state index in [1.807, 2.05) is 12.1 Å². The fourth-order valence-electron chi connectivity index (χ4n) is 2.21. The van der Waals surface area contributed by atoms with E-state index < -0.39 is 0 Å². The Balaban J connectivity index is 0.00000576. The topological polar surface area (TPSA) is 69.9 Å². The summed E-state index contributed by atoms with van der Waals surface area (Å²) in [5.74, 6) is 1.60. The maximum Gasteiger partial charge on any atom is 0.243 e. The molecule has 0 saturated carbocycles. The number of carbonyl (C=O) groups excluding carboxylic acids is 1. The molecule has 0 saturated heterocycles. The Labute approximate surface area is 168 Å². The van der Waals surface area contributed by atoms with Gasteiger partial charge in [0.25, 0.3) is 0 Å². The smallest absolute Gasteiger partial charge is 0.243 e. The van der Waals surface area contributed by atoms with Crippen LogP contribution in [0.1, 0.15) is 45.3 Å². The van der Waals surface area contributed by atoms with Crippen LogP contribution in [-0.2, 0) is 11.2 Å². The molecule has 0 bridgehead atoms. The second kappa shape index (κ2) is 14.0.